The molecule has 1 heterocycles. The van der Waals surface area contributed by atoms with E-state index in [2.05, 4.69) is 5.10 Å². The second-order valence-corrected chi connectivity index (χ2v) is 3.85. The molecule has 0 aliphatic carbocycles. The molecule has 0 amide bonds. The Morgan fingerprint density at radius 2 is 2.00 bits per heavy atom. The van der Waals surface area contributed by atoms with Crippen molar-refractivity contribution >= 4 is 5.71 Å². The number of rotatable bonds is 4. The maximum absolute atomic E-state index is 12.5. The Balaban J connectivity index is 2.75. The fourth-order valence-corrected chi connectivity index (χ4v) is 1.76. The van der Waals surface area contributed by atoms with Gasteiger partial charge in [-0.3, -0.25) is 5.01 Å². The van der Waals surface area contributed by atoms with E-state index in [-0.39, 0.29) is 6.04 Å². The van der Waals surface area contributed by atoms with Gasteiger partial charge in [0.25, 0.3) is 0 Å². The third-order valence-electron chi connectivity index (χ3n) is 2.71. The van der Waals surface area contributed by atoms with Crippen LogP contribution < -0.4 is 5.73 Å². The fraction of sp³-hybridized carbons (Fsp3) is 0.900. The van der Waals surface area contributed by atoms with Crippen LogP contribution in [-0.2, 0) is 4.74 Å². The average molecular weight is 253 g/mol. The summed E-state index contributed by atoms with van der Waals surface area (Å²) in [6.07, 6.45) is -3.05. The number of alkyl halides is 3. The number of nitrogens with two attached hydrogens (primary N) is 1. The van der Waals surface area contributed by atoms with Gasteiger partial charge in [0.05, 0.1) is 6.04 Å². The van der Waals surface area contributed by atoms with Crippen molar-refractivity contribution in [3.05, 3.63) is 0 Å². The SMILES string of the molecule is CCN(/N=C(\CN)C(F)(F)F)C1CCOCC1. The Labute approximate surface area is 98.6 Å². The van der Waals surface area contributed by atoms with E-state index < -0.39 is 18.4 Å². The Bertz CT molecular complexity index is 262. The maximum atomic E-state index is 12.5. The Hall–Kier alpha value is -0.820. The van der Waals surface area contributed by atoms with Gasteiger partial charge in [0.2, 0.25) is 0 Å². The fourth-order valence-electron chi connectivity index (χ4n) is 1.76. The molecule has 1 fully saturated rings. The molecule has 1 saturated heterocycles. The monoisotopic (exact) mass is 253 g/mol. The average Bonchev–Trinajstić information content (AvgIpc) is 2.30. The number of hydrogen-bond donors (Lipinski definition) is 1. The van der Waals surface area contributed by atoms with Crippen LogP contribution in [0.3, 0.4) is 0 Å². The molecule has 0 aromatic rings. The van der Waals surface area contributed by atoms with Gasteiger partial charge < -0.3 is 10.5 Å². The summed E-state index contributed by atoms with van der Waals surface area (Å²) in [6, 6.07) is 0.0117. The summed E-state index contributed by atoms with van der Waals surface area (Å²) in [5, 5.41) is 5.12. The Morgan fingerprint density at radius 1 is 1.41 bits per heavy atom. The molecule has 0 saturated carbocycles. The highest BCUT2D eigenvalue weighted by Gasteiger charge is 2.35. The van der Waals surface area contributed by atoms with E-state index in [0.717, 1.165) is 0 Å². The molecule has 4 nitrogen and oxygen atoms in total. The molecule has 1 aliphatic rings. The van der Waals surface area contributed by atoms with Gasteiger partial charge in [0.15, 0.2) is 5.71 Å². The predicted octanol–water partition coefficient (Wildman–Crippen LogP) is 1.36. The molecule has 0 radical (unpaired) electrons. The summed E-state index contributed by atoms with van der Waals surface area (Å²) in [5.41, 5.74) is 4.16. The molecule has 0 bridgehead atoms. The van der Waals surface area contributed by atoms with E-state index in [1.165, 1.54) is 5.01 Å². The van der Waals surface area contributed by atoms with Crippen molar-refractivity contribution < 1.29 is 17.9 Å². The van der Waals surface area contributed by atoms with Gasteiger partial charge in [-0.15, -0.1) is 0 Å². The standard InChI is InChI=1S/C10H18F3N3O/c1-2-16(8-3-5-17-6-4-8)15-9(7-14)10(11,12)13/h8H,2-7,14H2,1H3/b15-9+. The zero-order valence-corrected chi connectivity index (χ0v) is 9.83. The first-order valence-corrected chi connectivity index (χ1v) is 5.68. The van der Waals surface area contributed by atoms with Crippen molar-refractivity contribution in [1.82, 2.24) is 5.01 Å². The second kappa shape index (κ2) is 6.20. The van der Waals surface area contributed by atoms with Crippen LogP contribution in [0.1, 0.15) is 19.8 Å². The number of hydrazone groups is 1. The smallest absolute Gasteiger partial charge is 0.381 e. The molecule has 0 unspecified atom stereocenters. The Kier molecular flexibility index (Phi) is 5.20. The van der Waals surface area contributed by atoms with Crippen LogP contribution in [0.15, 0.2) is 5.10 Å². The van der Waals surface area contributed by atoms with E-state index in [1.54, 1.807) is 6.92 Å². The first-order chi connectivity index (χ1) is 7.99. The topological polar surface area (TPSA) is 50.8 Å². The van der Waals surface area contributed by atoms with Gasteiger partial charge in [0, 0.05) is 26.3 Å². The summed E-state index contributed by atoms with van der Waals surface area (Å²) >= 11 is 0. The van der Waals surface area contributed by atoms with Gasteiger partial charge in [-0.05, 0) is 19.8 Å². The van der Waals surface area contributed by atoms with E-state index >= 15 is 0 Å². The van der Waals surface area contributed by atoms with Crippen LogP contribution >= 0.6 is 0 Å². The maximum Gasteiger partial charge on any atom is 0.432 e. The summed E-state index contributed by atoms with van der Waals surface area (Å²) in [4.78, 5) is 0. The van der Waals surface area contributed by atoms with Crippen LogP contribution in [0.4, 0.5) is 13.2 Å². The summed E-state index contributed by atoms with van der Waals surface area (Å²) in [7, 11) is 0. The molecule has 0 aromatic heterocycles. The van der Waals surface area contributed by atoms with Crippen molar-refractivity contribution in [3.8, 4) is 0 Å². The normalized spacial score (nSPS) is 19.5. The lowest BCUT2D eigenvalue weighted by atomic mass is 10.1. The molecular formula is C10H18F3N3O. The minimum absolute atomic E-state index is 0.0117. The van der Waals surface area contributed by atoms with Gasteiger partial charge in [-0.1, -0.05) is 0 Å². The number of nitrogens with zero attached hydrogens (tertiary/aromatic N) is 2. The van der Waals surface area contributed by atoms with E-state index in [1.807, 2.05) is 0 Å². The van der Waals surface area contributed by atoms with Gasteiger partial charge in [0.1, 0.15) is 0 Å². The number of halogens is 3. The highest BCUT2D eigenvalue weighted by atomic mass is 19.4. The van der Waals surface area contributed by atoms with Gasteiger partial charge in [-0.2, -0.15) is 18.3 Å². The van der Waals surface area contributed by atoms with Crippen LogP contribution in [0.2, 0.25) is 0 Å². The van der Waals surface area contributed by atoms with Crippen molar-refractivity contribution in [2.45, 2.75) is 32.0 Å². The van der Waals surface area contributed by atoms with Crippen molar-refractivity contribution in [2.24, 2.45) is 10.8 Å². The lowest BCUT2D eigenvalue weighted by molar-refractivity contribution is -0.0619. The zero-order valence-electron chi connectivity index (χ0n) is 9.83. The van der Waals surface area contributed by atoms with Crippen LogP contribution in [-0.4, -0.2) is 49.2 Å². The van der Waals surface area contributed by atoms with Crippen LogP contribution in [0.25, 0.3) is 0 Å². The molecule has 100 valence electrons. The minimum Gasteiger partial charge on any atom is -0.381 e. The third-order valence-corrected chi connectivity index (χ3v) is 2.71. The van der Waals surface area contributed by atoms with Crippen molar-refractivity contribution in [3.63, 3.8) is 0 Å². The number of hydrogen-bond acceptors (Lipinski definition) is 4. The highest BCUT2D eigenvalue weighted by Crippen LogP contribution is 2.20. The summed E-state index contributed by atoms with van der Waals surface area (Å²) in [5.74, 6) is 0. The van der Waals surface area contributed by atoms with Crippen molar-refractivity contribution in [1.29, 1.82) is 0 Å². The van der Waals surface area contributed by atoms with E-state index in [4.69, 9.17) is 10.5 Å². The molecule has 0 spiro atoms. The van der Waals surface area contributed by atoms with Crippen molar-refractivity contribution in [2.75, 3.05) is 26.3 Å². The second-order valence-electron chi connectivity index (χ2n) is 3.85. The van der Waals surface area contributed by atoms with E-state index in [9.17, 15) is 13.2 Å². The molecule has 2 N–H and O–H groups in total. The predicted molar refractivity (Wildman–Crippen MR) is 58.8 cm³/mol. The first kappa shape index (κ1) is 14.2. The molecule has 17 heavy (non-hydrogen) atoms. The Morgan fingerprint density at radius 3 is 2.41 bits per heavy atom. The van der Waals surface area contributed by atoms with Gasteiger partial charge >= 0.3 is 6.18 Å². The third kappa shape index (κ3) is 4.16. The lowest BCUT2D eigenvalue weighted by Crippen LogP contribution is -2.40. The van der Waals surface area contributed by atoms with Gasteiger partial charge in [-0.25, -0.2) is 0 Å². The molecule has 0 atom stereocenters. The molecular weight excluding hydrogens is 235 g/mol. The highest BCUT2D eigenvalue weighted by molar-refractivity contribution is 5.91. The first-order valence-electron chi connectivity index (χ1n) is 5.68. The minimum atomic E-state index is -4.45. The largest absolute Gasteiger partial charge is 0.432 e. The van der Waals surface area contributed by atoms with Crippen LogP contribution in [0, 0.1) is 0 Å². The number of ether oxygens (including phenoxy) is 1. The molecule has 0 aromatic carbocycles. The van der Waals surface area contributed by atoms with Crippen LogP contribution in [0.5, 0.6) is 0 Å². The summed E-state index contributed by atoms with van der Waals surface area (Å²) in [6.45, 7) is 2.76. The lowest BCUT2D eigenvalue weighted by Gasteiger charge is -2.32. The quantitative estimate of drug-likeness (QED) is 0.608. The molecule has 1 rings (SSSR count). The zero-order chi connectivity index (χ0) is 12.9. The molecule has 1 aliphatic heterocycles. The van der Waals surface area contributed by atoms with E-state index in [0.29, 0.717) is 32.6 Å². The molecule has 7 heteroatoms. The summed E-state index contributed by atoms with van der Waals surface area (Å²) < 4.78 is 42.7.